The first-order chi connectivity index (χ1) is 7.66. The number of hydrogen-bond donors (Lipinski definition) is 1. The first-order valence-electron chi connectivity index (χ1n) is 5.98. The second-order valence-corrected chi connectivity index (χ2v) is 4.14. The number of hydrogen-bond acceptors (Lipinski definition) is 2. The second-order valence-electron chi connectivity index (χ2n) is 4.14. The first-order valence-corrected chi connectivity index (χ1v) is 5.98. The van der Waals surface area contributed by atoms with E-state index in [0.29, 0.717) is 0 Å². The van der Waals surface area contributed by atoms with E-state index in [0.717, 1.165) is 31.6 Å². The number of aliphatic hydroxyl groups excluding tert-OH is 1. The summed E-state index contributed by atoms with van der Waals surface area (Å²) in [4.78, 5) is 0. The summed E-state index contributed by atoms with van der Waals surface area (Å²) < 4.78 is 5.26. The van der Waals surface area contributed by atoms with E-state index in [1.165, 1.54) is 11.1 Å². The maximum absolute atomic E-state index is 10.1. The lowest BCUT2D eigenvalue weighted by atomic mass is 9.97. The molecular weight excluding hydrogens is 200 g/mol. The minimum atomic E-state index is -0.361. The molecule has 1 rings (SSSR count). The molecule has 0 aliphatic rings. The quantitative estimate of drug-likeness (QED) is 0.749. The van der Waals surface area contributed by atoms with Gasteiger partial charge in [0.25, 0.3) is 0 Å². The summed E-state index contributed by atoms with van der Waals surface area (Å²) in [6, 6.07) is 6.09. The Bertz CT molecular complexity index is 321. The van der Waals surface area contributed by atoms with Crippen molar-refractivity contribution in [2.45, 2.75) is 39.7 Å². The van der Waals surface area contributed by atoms with Gasteiger partial charge in [-0.15, -0.1) is 0 Å². The van der Waals surface area contributed by atoms with E-state index in [4.69, 9.17) is 4.74 Å². The van der Waals surface area contributed by atoms with Crippen LogP contribution in [0.15, 0.2) is 18.2 Å². The van der Waals surface area contributed by atoms with Gasteiger partial charge in [0.1, 0.15) is 0 Å². The van der Waals surface area contributed by atoms with E-state index in [-0.39, 0.29) is 6.10 Å². The van der Waals surface area contributed by atoms with Crippen LogP contribution in [-0.4, -0.2) is 18.3 Å². The Morgan fingerprint density at radius 3 is 2.75 bits per heavy atom. The van der Waals surface area contributed by atoms with Gasteiger partial charge in [0.2, 0.25) is 0 Å². The van der Waals surface area contributed by atoms with Gasteiger partial charge in [-0.2, -0.15) is 0 Å². The standard InChI is InChI=1S/C14H22O2/c1-4-16-10-6-9-14(15)13-8-5-7-11(2)12(13)3/h5,7-8,14-15H,4,6,9-10H2,1-3H3. The molecule has 0 amide bonds. The highest BCUT2D eigenvalue weighted by Crippen LogP contribution is 2.23. The zero-order chi connectivity index (χ0) is 12.0. The van der Waals surface area contributed by atoms with Gasteiger partial charge in [-0.3, -0.25) is 0 Å². The Kier molecular flexibility index (Phi) is 5.50. The van der Waals surface area contributed by atoms with Crippen molar-refractivity contribution in [1.82, 2.24) is 0 Å². The van der Waals surface area contributed by atoms with Crippen LogP contribution in [0.5, 0.6) is 0 Å². The summed E-state index contributed by atoms with van der Waals surface area (Å²) in [6.45, 7) is 7.61. The van der Waals surface area contributed by atoms with Crippen LogP contribution in [-0.2, 0) is 4.74 Å². The Morgan fingerprint density at radius 2 is 2.06 bits per heavy atom. The molecule has 0 radical (unpaired) electrons. The molecular formula is C14H22O2. The van der Waals surface area contributed by atoms with Crippen molar-refractivity contribution in [3.63, 3.8) is 0 Å². The van der Waals surface area contributed by atoms with Crippen LogP contribution in [0.3, 0.4) is 0 Å². The van der Waals surface area contributed by atoms with Crippen molar-refractivity contribution in [2.75, 3.05) is 13.2 Å². The molecule has 0 spiro atoms. The van der Waals surface area contributed by atoms with E-state index in [1.807, 2.05) is 19.1 Å². The molecule has 0 fully saturated rings. The third kappa shape index (κ3) is 3.62. The summed E-state index contributed by atoms with van der Waals surface area (Å²) in [7, 11) is 0. The second kappa shape index (κ2) is 6.66. The number of aliphatic hydroxyl groups is 1. The molecule has 0 aliphatic heterocycles. The van der Waals surface area contributed by atoms with E-state index in [1.54, 1.807) is 0 Å². The fraction of sp³-hybridized carbons (Fsp3) is 0.571. The Morgan fingerprint density at radius 1 is 1.31 bits per heavy atom. The summed E-state index contributed by atoms with van der Waals surface area (Å²) in [5.74, 6) is 0. The monoisotopic (exact) mass is 222 g/mol. The zero-order valence-corrected chi connectivity index (χ0v) is 10.5. The minimum Gasteiger partial charge on any atom is -0.388 e. The number of ether oxygens (including phenoxy) is 1. The molecule has 1 N–H and O–H groups in total. The van der Waals surface area contributed by atoms with Crippen molar-refractivity contribution in [2.24, 2.45) is 0 Å². The van der Waals surface area contributed by atoms with Crippen molar-refractivity contribution in [1.29, 1.82) is 0 Å². The summed E-state index contributed by atoms with van der Waals surface area (Å²) in [5.41, 5.74) is 3.49. The molecule has 0 saturated heterocycles. The van der Waals surface area contributed by atoms with Crippen molar-refractivity contribution in [3.05, 3.63) is 34.9 Å². The number of rotatable bonds is 6. The van der Waals surface area contributed by atoms with Crippen molar-refractivity contribution >= 4 is 0 Å². The average Bonchev–Trinajstić information content (AvgIpc) is 2.28. The topological polar surface area (TPSA) is 29.5 Å². The van der Waals surface area contributed by atoms with E-state index < -0.39 is 0 Å². The van der Waals surface area contributed by atoms with E-state index in [9.17, 15) is 5.11 Å². The third-order valence-electron chi connectivity index (χ3n) is 2.98. The molecule has 1 atom stereocenters. The predicted octanol–water partition coefficient (Wildman–Crippen LogP) is 3.15. The molecule has 0 aliphatic carbocycles. The van der Waals surface area contributed by atoms with Gasteiger partial charge in [0, 0.05) is 13.2 Å². The lowest BCUT2D eigenvalue weighted by molar-refractivity contribution is 0.114. The average molecular weight is 222 g/mol. The van der Waals surface area contributed by atoms with E-state index in [2.05, 4.69) is 19.9 Å². The fourth-order valence-electron chi connectivity index (χ4n) is 1.81. The number of benzene rings is 1. The maximum Gasteiger partial charge on any atom is 0.0793 e. The van der Waals surface area contributed by atoms with Crippen LogP contribution in [0.25, 0.3) is 0 Å². The molecule has 1 aromatic carbocycles. The molecule has 0 heterocycles. The molecule has 0 saturated carbocycles. The van der Waals surface area contributed by atoms with Crippen LogP contribution < -0.4 is 0 Å². The molecule has 0 aromatic heterocycles. The molecule has 16 heavy (non-hydrogen) atoms. The van der Waals surface area contributed by atoms with Crippen molar-refractivity contribution in [3.8, 4) is 0 Å². The number of aryl methyl sites for hydroxylation is 1. The highest BCUT2D eigenvalue weighted by Gasteiger charge is 2.10. The molecule has 0 bridgehead atoms. The molecule has 2 nitrogen and oxygen atoms in total. The largest absolute Gasteiger partial charge is 0.388 e. The van der Waals surface area contributed by atoms with Gasteiger partial charge in [-0.25, -0.2) is 0 Å². The van der Waals surface area contributed by atoms with Gasteiger partial charge < -0.3 is 9.84 Å². The molecule has 2 heteroatoms. The lowest BCUT2D eigenvalue weighted by Crippen LogP contribution is -2.03. The highest BCUT2D eigenvalue weighted by molar-refractivity contribution is 5.34. The van der Waals surface area contributed by atoms with Crippen LogP contribution in [0.4, 0.5) is 0 Å². The summed E-state index contributed by atoms with van der Waals surface area (Å²) in [5, 5.41) is 10.1. The molecule has 90 valence electrons. The van der Waals surface area contributed by atoms with Crippen LogP contribution in [0.2, 0.25) is 0 Å². The summed E-state index contributed by atoms with van der Waals surface area (Å²) in [6.07, 6.45) is 1.31. The highest BCUT2D eigenvalue weighted by atomic mass is 16.5. The lowest BCUT2D eigenvalue weighted by Gasteiger charge is -2.15. The maximum atomic E-state index is 10.1. The van der Waals surface area contributed by atoms with Gasteiger partial charge in [-0.05, 0) is 50.3 Å². The fourth-order valence-corrected chi connectivity index (χ4v) is 1.81. The SMILES string of the molecule is CCOCCCC(O)c1cccc(C)c1C. The van der Waals surface area contributed by atoms with Crippen molar-refractivity contribution < 1.29 is 9.84 Å². The predicted molar refractivity (Wildman–Crippen MR) is 66.6 cm³/mol. The Labute approximate surface area is 98.3 Å². The third-order valence-corrected chi connectivity index (χ3v) is 2.98. The Hall–Kier alpha value is -0.860. The molecule has 1 aromatic rings. The van der Waals surface area contributed by atoms with Gasteiger partial charge in [0.05, 0.1) is 6.10 Å². The Balaban J connectivity index is 2.52. The minimum absolute atomic E-state index is 0.361. The van der Waals surface area contributed by atoms with E-state index >= 15 is 0 Å². The van der Waals surface area contributed by atoms with Crippen LogP contribution >= 0.6 is 0 Å². The zero-order valence-electron chi connectivity index (χ0n) is 10.5. The van der Waals surface area contributed by atoms with Gasteiger partial charge in [0.15, 0.2) is 0 Å². The normalized spacial score (nSPS) is 12.8. The van der Waals surface area contributed by atoms with Gasteiger partial charge >= 0.3 is 0 Å². The molecule has 1 unspecified atom stereocenters. The summed E-state index contributed by atoms with van der Waals surface area (Å²) >= 11 is 0. The van der Waals surface area contributed by atoms with Gasteiger partial charge in [-0.1, -0.05) is 18.2 Å². The van der Waals surface area contributed by atoms with Crippen LogP contribution in [0, 0.1) is 13.8 Å². The smallest absolute Gasteiger partial charge is 0.0793 e. The van der Waals surface area contributed by atoms with Crippen LogP contribution in [0.1, 0.15) is 42.6 Å². The first kappa shape index (κ1) is 13.2.